The number of fused-ring (bicyclic) bond motifs is 5. The molecule has 0 amide bonds. The lowest BCUT2D eigenvalue weighted by atomic mass is 9.90. The summed E-state index contributed by atoms with van der Waals surface area (Å²) in [5.74, 6) is -0.242. The lowest BCUT2D eigenvalue weighted by molar-refractivity contribution is 0.0890. The molecule has 0 bridgehead atoms. The van der Waals surface area contributed by atoms with Gasteiger partial charge in [-0.3, -0.25) is 14.0 Å². The highest BCUT2D eigenvalue weighted by Gasteiger charge is 2.31. The van der Waals surface area contributed by atoms with Crippen LogP contribution in [0.15, 0.2) is 42.9 Å². The summed E-state index contributed by atoms with van der Waals surface area (Å²) in [6.45, 7) is 0.899. The summed E-state index contributed by atoms with van der Waals surface area (Å²) in [6, 6.07) is 10.4. The first-order valence-electron chi connectivity index (χ1n) is 9.09. The maximum Gasteiger partial charge on any atom is 0.174 e. The maximum absolute atomic E-state index is 12.9. The summed E-state index contributed by atoms with van der Waals surface area (Å²) < 4.78 is 1.95. The fourth-order valence-electron chi connectivity index (χ4n) is 4.23. The molecule has 6 heteroatoms. The van der Waals surface area contributed by atoms with Crippen LogP contribution in [0.25, 0.3) is 27.2 Å². The summed E-state index contributed by atoms with van der Waals surface area (Å²) in [7, 11) is 4.10. The smallest absolute Gasteiger partial charge is 0.174 e. The van der Waals surface area contributed by atoms with Gasteiger partial charge in [0.05, 0.1) is 34.9 Å². The average Bonchev–Trinajstić information content (AvgIpc) is 3.01. The number of benzene rings is 2. The number of halogens is 1. The molecule has 0 unspecified atom stereocenters. The van der Waals surface area contributed by atoms with Crippen LogP contribution in [0.4, 0.5) is 0 Å². The molecular weight excluding hydrogens is 374 g/mol. The number of rotatable bonds is 3. The van der Waals surface area contributed by atoms with Gasteiger partial charge in [-0.2, -0.15) is 0 Å². The van der Waals surface area contributed by atoms with E-state index in [1.54, 1.807) is 12.5 Å². The van der Waals surface area contributed by atoms with Gasteiger partial charge in [-0.15, -0.1) is 12.4 Å². The third kappa shape index (κ3) is 2.54. The Bertz CT molecular complexity index is 1270. The standard InChI is InChI=1S/C22H19N3O2.ClH/c1-24(2)8-7-14-9-13-5-3-4-6-15(13)19-20-18(27)10-17(26)16-11-23-12-25(21(14)19)22(16)20;/h3-6,9,11-12H,7-8,10H2,1-2H3;1H. The highest BCUT2D eigenvalue weighted by Crippen LogP contribution is 2.39. The molecule has 28 heavy (non-hydrogen) atoms. The van der Waals surface area contributed by atoms with Crippen molar-refractivity contribution < 1.29 is 9.59 Å². The van der Waals surface area contributed by atoms with Crippen LogP contribution in [0.2, 0.25) is 0 Å². The van der Waals surface area contributed by atoms with E-state index < -0.39 is 0 Å². The van der Waals surface area contributed by atoms with Crippen molar-refractivity contribution in [2.45, 2.75) is 12.8 Å². The van der Waals surface area contributed by atoms with Crippen molar-refractivity contribution in [3.63, 3.8) is 0 Å². The van der Waals surface area contributed by atoms with Crippen LogP contribution in [0.1, 0.15) is 32.7 Å². The van der Waals surface area contributed by atoms with Gasteiger partial charge >= 0.3 is 0 Å². The van der Waals surface area contributed by atoms with E-state index in [0.717, 1.165) is 34.6 Å². The monoisotopic (exact) mass is 393 g/mol. The van der Waals surface area contributed by atoms with Crippen LogP contribution in [0.5, 0.6) is 0 Å². The minimum absolute atomic E-state index is 0. The van der Waals surface area contributed by atoms with Crippen LogP contribution in [-0.4, -0.2) is 46.5 Å². The molecule has 0 saturated heterocycles. The molecule has 5 rings (SSSR count). The quantitative estimate of drug-likeness (QED) is 0.495. The van der Waals surface area contributed by atoms with E-state index in [1.165, 1.54) is 5.56 Å². The largest absolute Gasteiger partial charge is 0.309 e. The number of Topliss-reactive ketones (excluding diaryl/α,β-unsaturated/α-hetero) is 2. The van der Waals surface area contributed by atoms with Crippen molar-refractivity contribution in [1.82, 2.24) is 14.3 Å². The Kier molecular flexibility index (Phi) is 4.44. The van der Waals surface area contributed by atoms with Gasteiger partial charge in [-0.05, 0) is 42.9 Å². The van der Waals surface area contributed by atoms with Crippen molar-refractivity contribution in [2.24, 2.45) is 0 Å². The van der Waals surface area contributed by atoms with Crippen LogP contribution in [-0.2, 0) is 6.42 Å². The van der Waals surface area contributed by atoms with Crippen LogP contribution in [0, 0.1) is 0 Å². The number of ketones is 2. The van der Waals surface area contributed by atoms with Crippen molar-refractivity contribution in [1.29, 1.82) is 0 Å². The van der Waals surface area contributed by atoms with Gasteiger partial charge in [-0.25, -0.2) is 4.98 Å². The van der Waals surface area contributed by atoms with Gasteiger partial charge in [0.15, 0.2) is 11.6 Å². The summed E-state index contributed by atoms with van der Waals surface area (Å²) in [4.78, 5) is 31.8. The number of nitrogens with zero attached hydrogens (tertiary/aromatic N) is 3. The molecule has 1 aliphatic rings. The van der Waals surface area contributed by atoms with Crippen LogP contribution in [0.3, 0.4) is 0 Å². The van der Waals surface area contributed by atoms with Gasteiger partial charge in [0.1, 0.15) is 0 Å². The lowest BCUT2D eigenvalue weighted by Gasteiger charge is -2.12. The Hall–Kier alpha value is -2.76. The second-order valence-corrected chi connectivity index (χ2v) is 7.46. The normalized spacial score (nSPS) is 13.7. The molecule has 2 aromatic carbocycles. The van der Waals surface area contributed by atoms with E-state index in [-0.39, 0.29) is 30.4 Å². The highest BCUT2D eigenvalue weighted by atomic mass is 35.5. The molecule has 1 aliphatic carbocycles. The number of carbonyl (C=O) groups excluding carboxylic acids is 2. The lowest BCUT2D eigenvalue weighted by Crippen LogP contribution is -2.16. The zero-order valence-electron chi connectivity index (χ0n) is 15.7. The molecule has 5 nitrogen and oxygen atoms in total. The van der Waals surface area contributed by atoms with Crippen molar-refractivity contribution in [3.8, 4) is 0 Å². The number of likely N-dealkylation sites (N-methyl/N-ethyl adjacent to an activating group) is 1. The zero-order valence-corrected chi connectivity index (χ0v) is 16.5. The second-order valence-electron chi connectivity index (χ2n) is 7.46. The molecule has 4 aromatic rings. The Balaban J connectivity index is 0.00000192. The zero-order chi connectivity index (χ0) is 18.7. The highest BCUT2D eigenvalue weighted by molar-refractivity contribution is 6.32. The molecule has 2 aromatic heterocycles. The first-order valence-corrected chi connectivity index (χ1v) is 9.09. The predicted octanol–water partition coefficient (Wildman–Crippen LogP) is 3.94. The molecule has 0 radical (unpaired) electrons. The fraction of sp³-hybridized carbons (Fsp3) is 0.227. The van der Waals surface area contributed by atoms with Crippen molar-refractivity contribution in [2.75, 3.05) is 20.6 Å². The van der Waals surface area contributed by atoms with Crippen LogP contribution >= 0.6 is 12.4 Å². The Morgan fingerprint density at radius 1 is 1.11 bits per heavy atom. The topological polar surface area (TPSA) is 54.7 Å². The molecule has 0 fully saturated rings. The van der Waals surface area contributed by atoms with Crippen molar-refractivity contribution >= 4 is 51.2 Å². The van der Waals surface area contributed by atoms with E-state index in [9.17, 15) is 9.59 Å². The van der Waals surface area contributed by atoms with Crippen LogP contribution < -0.4 is 0 Å². The molecule has 142 valence electrons. The maximum atomic E-state index is 12.9. The molecule has 0 saturated carbocycles. The van der Waals surface area contributed by atoms with Gasteiger partial charge < -0.3 is 4.90 Å². The Labute approximate surface area is 168 Å². The van der Waals surface area contributed by atoms with Crippen molar-refractivity contribution in [3.05, 3.63) is 59.5 Å². The molecule has 0 atom stereocenters. The third-order valence-corrected chi connectivity index (χ3v) is 5.44. The van der Waals surface area contributed by atoms with E-state index in [1.807, 2.05) is 16.5 Å². The fourth-order valence-corrected chi connectivity index (χ4v) is 4.23. The average molecular weight is 394 g/mol. The SMILES string of the molecule is CN(C)CCc1cc2ccccc2c2c3c4c(cncn4c12)C(=O)CC3=O.Cl. The first-order chi connectivity index (χ1) is 13.1. The second kappa shape index (κ2) is 6.69. The summed E-state index contributed by atoms with van der Waals surface area (Å²) >= 11 is 0. The van der Waals surface area contributed by atoms with E-state index >= 15 is 0 Å². The third-order valence-electron chi connectivity index (χ3n) is 5.44. The van der Waals surface area contributed by atoms with E-state index in [4.69, 9.17) is 0 Å². The van der Waals surface area contributed by atoms with Gasteiger partial charge in [0.25, 0.3) is 0 Å². The van der Waals surface area contributed by atoms with E-state index in [0.29, 0.717) is 16.6 Å². The molecule has 0 spiro atoms. The number of hydrogen-bond acceptors (Lipinski definition) is 4. The molecule has 0 aliphatic heterocycles. The Morgan fingerprint density at radius 3 is 2.68 bits per heavy atom. The number of carbonyl (C=O) groups is 2. The summed E-state index contributed by atoms with van der Waals surface area (Å²) in [5.41, 5.74) is 4.09. The van der Waals surface area contributed by atoms with E-state index in [2.05, 4.69) is 42.2 Å². The first kappa shape index (κ1) is 18.6. The Morgan fingerprint density at radius 2 is 1.89 bits per heavy atom. The molecule has 2 heterocycles. The molecule has 0 N–H and O–H groups in total. The predicted molar refractivity (Wildman–Crippen MR) is 113 cm³/mol. The van der Waals surface area contributed by atoms with Gasteiger partial charge in [0.2, 0.25) is 0 Å². The molecular formula is C22H20ClN3O2. The minimum Gasteiger partial charge on any atom is -0.309 e. The van der Waals surface area contributed by atoms with Gasteiger partial charge in [0, 0.05) is 18.1 Å². The minimum atomic E-state index is -0.146. The summed E-state index contributed by atoms with van der Waals surface area (Å²) in [6.07, 6.45) is 4.09. The van der Waals surface area contributed by atoms with Gasteiger partial charge in [-0.1, -0.05) is 24.3 Å². The number of aromatic nitrogens is 2. The summed E-state index contributed by atoms with van der Waals surface area (Å²) in [5, 5.41) is 3.12. The number of hydrogen-bond donors (Lipinski definition) is 0.